The molecular formula is C51H63N5O5S3. The number of fused-ring (bicyclic) bond motifs is 1. The normalized spacial score (nSPS) is 14.2. The molecule has 6 N–H and O–H groups in total. The Hall–Kier alpha value is -4.92. The number of phenolic OH excluding ortho intramolecular Hbond substituents is 1. The number of thioether (sulfide) groups is 1. The van der Waals surface area contributed by atoms with Gasteiger partial charge in [0.15, 0.2) is 0 Å². The van der Waals surface area contributed by atoms with Gasteiger partial charge >= 0.3 is 0 Å². The molecular weight excluding hydrogens is 859 g/mol. The number of benzene rings is 4. The molecule has 0 radical (unpaired) electrons. The van der Waals surface area contributed by atoms with Gasteiger partial charge in [0.25, 0.3) is 0 Å². The van der Waals surface area contributed by atoms with Crippen LogP contribution in [0.4, 0.5) is 11.4 Å². The predicted molar refractivity (Wildman–Crippen MR) is 270 cm³/mol. The summed E-state index contributed by atoms with van der Waals surface area (Å²) in [6.45, 7) is 7.19. The maximum Gasteiger partial charge on any atom is 0.227 e. The lowest BCUT2D eigenvalue weighted by molar-refractivity contribution is -0.116. The van der Waals surface area contributed by atoms with Crippen molar-refractivity contribution in [1.29, 1.82) is 0 Å². The van der Waals surface area contributed by atoms with E-state index in [9.17, 15) is 19.8 Å². The van der Waals surface area contributed by atoms with Crippen molar-refractivity contribution in [2.24, 2.45) is 0 Å². The molecule has 1 heterocycles. The molecule has 1 amide bonds. The van der Waals surface area contributed by atoms with E-state index in [1.165, 1.54) is 73.4 Å². The van der Waals surface area contributed by atoms with Gasteiger partial charge < -0.3 is 36.2 Å². The number of rotatable bonds is 24. The zero-order valence-electron chi connectivity index (χ0n) is 37.2. The highest BCUT2D eigenvalue weighted by atomic mass is 32.2. The van der Waals surface area contributed by atoms with Crippen LogP contribution in [0.2, 0.25) is 0 Å². The molecule has 1 aliphatic rings. The predicted octanol–water partition coefficient (Wildman–Crippen LogP) is 11.5. The van der Waals surface area contributed by atoms with Crippen LogP contribution >= 0.6 is 34.9 Å². The number of aliphatic hydroxyl groups excluding tert-OH is 1. The highest BCUT2D eigenvalue weighted by Gasteiger charge is 2.22. The van der Waals surface area contributed by atoms with Gasteiger partial charge in [-0.1, -0.05) is 68.6 Å². The molecule has 1 fully saturated rings. The fourth-order valence-corrected chi connectivity index (χ4v) is 10.9. The van der Waals surface area contributed by atoms with Crippen molar-refractivity contribution in [1.82, 2.24) is 15.5 Å². The summed E-state index contributed by atoms with van der Waals surface area (Å²) in [5, 5.41) is 37.4. The fourth-order valence-electron chi connectivity index (χ4n) is 8.30. The number of amides is 1. The van der Waals surface area contributed by atoms with E-state index in [-0.39, 0.29) is 30.4 Å². The monoisotopic (exact) mass is 921 g/mol. The number of nitrogens with one attached hydrogen (secondary N) is 4. The first kappa shape index (κ1) is 48.5. The number of carbonyl (C=O) groups excluding carboxylic acids is 2. The van der Waals surface area contributed by atoms with Crippen molar-refractivity contribution in [2.75, 3.05) is 56.7 Å². The SMILES string of the molecule is CCNCCN(CCC(SC)c1ccc(Sc2cccc(OCCC(=O)Nc3ccc(CN/C=C(\O)c4ccc(O)c(NC)c4/C=C\C=O)c4ccsc34)c2)cc1)C1CCCCCC1. The second-order valence-electron chi connectivity index (χ2n) is 15.9. The number of aliphatic hydroxyl groups is 1. The number of aromatic hydroxyl groups is 1. The van der Waals surface area contributed by atoms with Gasteiger partial charge in [0.2, 0.25) is 5.91 Å². The van der Waals surface area contributed by atoms with Crippen LogP contribution in [0.1, 0.15) is 85.8 Å². The number of nitrogens with zero attached hydrogens (tertiary/aromatic N) is 1. The Labute approximate surface area is 391 Å². The third-order valence-corrected chi connectivity index (χ3v) is 14.6. The number of hydrogen-bond donors (Lipinski definition) is 6. The first-order valence-corrected chi connectivity index (χ1v) is 25.4. The number of aldehydes is 1. The summed E-state index contributed by atoms with van der Waals surface area (Å²) in [5.41, 5.74) is 4.42. The number of hydrogen-bond acceptors (Lipinski definition) is 12. The van der Waals surface area contributed by atoms with E-state index in [1.807, 2.05) is 53.5 Å². The van der Waals surface area contributed by atoms with E-state index in [1.54, 1.807) is 36.2 Å². The maximum absolute atomic E-state index is 13.1. The van der Waals surface area contributed by atoms with Crippen molar-refractivity contribution < 1.29 is 24.5 Å². The lowest BCUT2D eigenvalue weighted by Gasteiger charge is -2.32. The molecule has 1 aromatic heterocycles. The molecule has 0 spiro atoms. The van der Waals surface area contributed by atoms with E-state index >= 15 is 0 Å². The molecule has 6 rings (SSSR count). The molecule has 0 saturated heterocycles. The molecule has 340 valence electrons. The Morgan fingerprint density at radius 2 is 1.81 bits per heavy atom. The number of likely N-dealkylation sites (N-methyl/N-ethyl adjacent to an activating group) is 1. The van der Waals surface area contributed by atoms with Gasteiger partial charge in [-0.2, -0.15) is 11.8 Å². The summed E-state index contributed by atoms with van der Waals surface area (Å²) in [7, 11) is 1.65. The van der Waals surface area contributed by atoms with Crippen molar-refractivity contribution in [3.05, 3.63) is 119 Å². The minimum Gasteiger partial charge on any atom is -0.506 e. The molecule has 4 aromatic carbocycles. The van der Waals surface area contributed by atoms with Crippen molar-refractivity contribution in [2.45, 2.75) is 85.9 Å². The van der Waals surface area contributed by atoms with E-state index < -0.39 is 0 Å². The number of carbonyl (C=O) groups is 2. The van der Waals surface area contributed by atoms with Crippen LogP contribution in [0.15, 0.2) is 106 Å². The number of allylic oxidation sites excluding steroid dienone is 1. The van der Waals surface area contributed by atoms with Crippen LogP contribution in [-0.2, 0) is 16.1 Å². The zero-order chi connectivity index (χ0) is 45.1. The molecule has 1 atom stereocenters. The summed E-state index contributed by atoms with van der Waals surface area (Å²) < 4.78 is 7.02. The Kier molecular flexibility index (Phi) is 19.4. The summed E-state index contributed by atoms with van der Waals surface area (Å²) in [4.78, 5) is 29.2. The molecule has 0 bridgehead atoms. The van der Waals surface area contributed by atoms with Crippen LogP contribution in [0.5, 0.6) is 11.5 Å². The second-order valence-corrected chi connectivity index (χ2v) is 19.0. The highest BCUT2D eigenvalue weighted by molar-refractivity contribution is 7.99. The van der Waals surface area contributed by atoms with Crippen LogP contribution in [0, 0.1) is 0 Å². The Morgan fingerprint density at radius 3 is 2.56 bits per heavy atom. The second kappa shape index (κ2) is 25.5. The van der Waals surface area contributed by atoms with Crippen LogP contribution < -0.4 is 26.0 Å². The Bertz CT molecular complexity index is 2320. The molecule has 64 heavy (non-hydrogen) atoms. The number of ether oxygens (including phenoxy) is 1. The molecule has 1 aliphatic carbocycles. The molecule has 1 saturated carbocycles. The smallest absolute Gasteiger partial charge is 0.227 e. The van der Waals surface area contributed by atoms with Gasteiger partial charge in [-0.25, -0.2) is 0 Å². The molecule has 10 nitrogen and oxygen atoms in total. The van der Waals surface area contributed by atoms with Gasteiger partial charge in [-0.3, -0.25) is 14.5 Å². The third-order valence-electron chi connectivity index (χ3n) is 11.6. The number of phenols is 1. The molecule has 13 heteroatoms. The summed E-state index contributed by atoms with van der Waals surface area (Å²) in [6.07, 6.45) is 16.7. The van der Waals surface area contributed by atoms with E-state index in [4.69, 9.17) is 4.74 Å². The Balaban J connectivity index is 0.980. The average molecular weight is 922 g/mol. The minimum absolute atomic E-state index is 0.00174. The van der Waals surface area contributed by atoms with E-state index in [0.717, 1.165) is 64.6 Å². The topological polar surface area (TPSA) is 135 Å². The number of thiophene rings is 1. The Morgan fingerprint density at radius 1 is 1.00 bits per heavy atom. The molecule has 0 aliphatic heterocycles. The molecule has 5 aromatic rings. The van der Waals surface area contributed by atoms with Crippen LogP contribution in [0.3, 0.4) is 0 Å². The minimum atomic E-state index is -0.137. The van der Waals surface area contributed by atoms with Crippen LogP contribution in [0.25, 0.3) is 21.9 Å². The quantitative estimate of drug-likeness (QED) is 0.00882. The van der Waals surface area contributed by atoms with Crippen molar-refractivity contribution in [3.63, 3.8) is 0 Å². The fraction of sp³-hybridized carbons (Fsp3) is 0.373. The van der Waals surface area contributed by atoms with Gasteiger partial charge in [0.1, 0.15) is 23.5 Å². The van der Waals surface area contributed by atoms with E-state index in [0.29, 0.717) is 40.9 Å². The first-order valence-electron chi connectivity index (χ1n) is 22.4. The lowest BCUT2D eigenvalue weighted by atomic mass is 10.0. The maximum atomic E-state index is 13.1. The third kappa shape index (κ3) is 13.8. The van der Waals surface area contributed by atoms with Crippen LogP contribution in [-0.4, -0.2) is 79.4 Å². The average Bonchev–Trinajstić information content (AvgIpc) is 3.65. The summed E-state index contributed by atoms with van der Waals surface area (Å²) in [6, 6.07) is 26.7. The summed E-state index contributed by atoms with van der Waals surface area (Å²) >= 11 is 5.21. The van der Waals surface area contributed by atoms with Gasteiger partial charge in [0.05, 0.1) is 29.1 Å². The van der Waals surface area contributed by atoms with Gasteiger partial charge in [-0.15, -0.1) is 11.3 Å². The van der Waals surface area contributed by atoms with Crippen molar-refractivity contribution in [3.8, 4) is 11.5 Å². The lowest BCUT2D eigenvalue weighted by Crippen LogP contribution is -2.40. The van der Waals surface area contributed by atoms with Crippen molar-refractivity contribution >= 4 is 80.3 Å². The molecule has 1 unspecified atom stereocenters. The largest absolute Gasteiger partial charge is 0.506 e. The zero-order valence-corrected chi connectivity index (χ0v) is 39.7. The first-order chi connectivity index (χ1) is 31.3. The summed E-state index contributed by atoms with van der Waals surface area (Å²) in [5.74, 6) is 0.533. The van der Waals surface area contributed by atoms with Gasteiger partial charge in [-0.05, 0) is 127 Å². The van der Waals surface area contributed by atoms with E-state index in [2.05, 4.69) is 69.7 Å². The van der Waals surface area contributed by atoms with Gasteiger partial charge in [0, 0.05) is 65.1 Å². The standard InChI is InChI=1S/C51H63N5O5S3/c1-4-53-27-29-56(38-11-7-5-6-8-12-38)28-24-48(62-3)36-16-19-40(20-17-36)64-41-14-9-13-39(33-41)61-31-25-49(60)55-45-22-18-37(42-26-32-63-51(42)45)34-54-35-47(59)43-21-23-46(58)50(52-2)44(43)15-10-30-57/h9-10,13-23,26,30,32-33,35,38,48,52-54,58-59H,4-8,11-12,24-25,27-29,31,34H2,1-3H3,(H,55,60)/b15-10-,47-35-. The number of anilines is 2. The highest BCUT2D eigenvalue weighted by Crippen LogP contribution is 2.37.